The van der Waals surface area contributed by atoms with Crippen LogP contribution in [-0.4, -0.2) is 73.5 Å². The van der Waals surface area contributed by atoms with Gasteiger partial charge in [-0.1, -0.05) is 6.07 Å². The molecule has 1 fully saturated rings. The van der Waals surface area contributed by atoms with Crippen molar-refractivity contribution in [3.05, 3.63) is 41.2 Å². The molecule has 0 spiro atoms. The van der Waals surface area contributed by atoms with Crippen LogP contribution in [0.1, 0.15) is 18.1 Å². The normalized spacial score (nSPS) is 23.3. The number of fused-ring (bicyclic) bond motifs is 1. The third-order valence-electron chi connectivity index (χ3n) is 5.37. The van der Waals surface area contributed by atoms with Gasteiger partial charge in [-0.05, 0) is 44.0 Å². The van der Waals surface area contributed by atoms with Crippen molar-refractivity contribution in [3.63, 3.8) is 0 Å². The van der Waals surface area contributed by atoms with Gasteiger partial charge < -0.3 is 9.80 Å². The summed E-state index contributed by atoms with van der Waals surface area (Å²) in [6.07, 6.45) is 3.83. The lowest BCUT2D eigenvalue weighted by molar-refractivity contribution is 0.227. The predicted octanol–water partition coefficient (Wildman–Crippen LogP) is 1.60. The molecule has 1 atom stereocenters. The molecular formula is C19H25N5O2S. The number of aryl methyl sites for hydroxylation is 2. The van der Waals surface area contributed by atoms with Crippen LogP contribution < -0.4 is 0 Å². The van der Waals surface area contributed by atoms with E-state index in [0.29, 0.717) is 31.1 Å². The molecule has 0 aromatic heterocycles. The molecule has 0 radical (unpaired) electrons. The maximum absolute atomic E-state index is 13.0. The molecule has 3 aliphatic heterocycles. The third-order valence-corrected chi connectivity index (χ3v) is 7.27. The molecule has 3 heterocycles. The molecule has 27 heavy (non-hydrogen) atoms. The van der Waals surface area contributed by atoms with Crippen molar-refractivity contribution in [2.24, 2.45) is 9.98 Å². The molecule has 0 aliphatic carbocycles. The van der Waals surface area contributed by atoms with Crippen molar-refractivity contribution in [2.75, 3.05) is 32.7 Å². The maximum Gasteiger partial charge on any atom is 0.243 e. The van der Waals surface area contributed by atoms with Gasteiger partial charge in [0.2, 0.25) is 10.0 Å². The van der Waals surface area contributed by atoms with Gasteiger partial charge >= 0.3 is 0 Å². The summed E-state index contributed by atoms with van der Waals surface area (Å²) in [7, 11) is -3.46. The summed E-state index contributed by atoms with van der Waals surface area (Å²) in [5, 5.41) is 0. The van der Waals surface area contributed by atoms with E-state index in [9.17, 15) is 8.42 Å². The number of aliphatic imine (C=N–C) groups is 2. The molecule has 7 nitrogen and oxygen atoms in total. The molecule has 0 N–H and O–H groups in total. The zero-order valence-corrected chi connectivity index (χ0v) is 16.8. The molecule has 0 saturated carbocycles. The summed E-state index contributed by atoms with van der Waals surface area (Å²) in [4.78, 5) is 13.7. The van der Waals surface area contributed by atoms with Crippen molar-refractivity contribution in [1.29, 1.82) is 0 Å². The number of hydrogen-bond donors (Lipinski definition) is 0. The lowest BCUT2D eigenvalue weighted by Crippen LogP contribution is -2.48. The second kappa shape index (κ2) is 6.76. The number of benzene rings is 1. The Morgan fingerprint density at radius 1 is 1.07 bits per heavy atom. The van der Waals surface area contributed by atoms with Crippen LogP contribution in [0.3, 0.4) is 0 Å². The molecule has 144 valence electrons. The number of nitrogens with zero attached hydrogens (tertiary/aromatic N) is 5. The van der Waals surface area contributed by atoms with Gasteiger partial charge in [-0.3, -0.25) is 4.99 Å². The summed E-state index contributed by atoms with van der Waals surface area (Å²) in [5.41, 5.74) is 2.09. The highest BCUT2D eigenvalue weighted by molar-refractivity contribution is 7.89. The van der Waals surface area contributed by atoms with Crippen molar-refractivity contribution >= 4 is 22.2 Å². The number of amidine groups is 1. The Morgan fingerprint density at radius 2 is 1.81 bits per heavy atom. The van der Waals surface area contributed by atoms with Crippen LogP contribution in [0.15, 0.2) is 45.0 Å². The highest BCUT2D eigenvalue weighted by atomic mass is 32.2. The van der Waals surface area contributed by atoms with Crippen LogP contribution in [0.5, 0.6) is 0 Å². The van der Waals surface area contributed by atoms with Gasteiger partial charge in [0.15, 0.2) is 0 Å². The van der Waals surface area contributed by atoms with Crippen LogP contribution in [0.4, 0.5) is 0 Å². The molecule has 8 heteroatoms. The lowest BCUT2D eigenvalue weighted by Gasteiger charge is -2.36. The summed E-state index contributed by atoms with van der Waals surface area (Å²) in [6, 6.07) is 5.61. The molecule has 1 aromatic carbocycles. The van der Waals surface area contributed by atoms with Crippen LogP contribution in [-0.2, 0) is 10.0 Å². The Labute approximate surface area is 160 Å². The standard InChI is InChI=1S/C19H25N5O2S/c1-14-4-5-17(10-15(14)2)27(25,26)24-8-6-22(7-9-24)18-11-19-21-16(3)12-23(19)13-20-18/h4-5,10-11,13,16H,6-9,12H2,1-3H3. The molecule has 1 aromatic rings. The molecule has 1 saturated heterocycles. The first-order chi connectivity index (χ1) is 12.8. The molecule has 1 unspecified atom stereocenters. The number of hydrogen-bond acceptors (Lipinski definition) is 6. The van der Waals surface area contributed by atoms with Crippen molar-refractivity contribution < 1.29 is 8.42 Å². The number of sulfonamides is 1. The first-order valence-corrected chi connectivity index (χ1v) is 10.7. The van der Waals surface area contributed by atoms with E-state index in [-0.39, 0.29) is 6.04 Å². The summed E-state index contributed by atoms with van der Waals surface area (Å²) >= 11 is 0. The largest absolute Gasteiger partial charge is 0.354 e. The predicted molar refractivity (Wildman–Crippen MR) is 106 cm³/mol. The molecular weight excluding hydrogens is 362 g/mol. The van der Waals surface area contributed by atoms with E-state index < -0.39 is 10.0 Å². The van der Waals surface area contributed by atoms with Gasteiger partial charge in [0.1, 0.15) is 11.7 Å². The molecule has 3 aliphatic rings. The minimum atomic E-state index is -3.46. The molecule has 0 bridgehead atoms. The van der Waals surface area contributed by atoms with E-state index in [2.05, 4.69) is 26.7 Å². The number of piperazine rings is 1. The second-order valence-electron chi connectivity index (χ2n) is 7.37. The van der Waals surface area contributed by atoms with Crippen LogP contribution in [0, 0.1) is 13.8 Å². The van der Waals surface area contributed by atoms with E-state index >= 15 is 0 Å². The lowest BCUT2D eigenvalue weighted by atomic mass is 10.1. The average molecular weight is 388 g/mol. The Kier molecular flexibility index (Phi) is 4.55. The Balaban J connectivity index is 1.46. The molecule has 4 rings (SSSR count). The fourth-order valence-corrected chi connectivity index (χ4v) is 5.09. The second-order valence-corrected chi connectivity index (χ2v) is 9.31. The van der Waals surface area contributed by atoms with Gasteiger partial charge in [0.25, 0.3) is 0 Å². The Hall–Kier alpha value is -2.19. The first-order valence-electron chi connectivity index (χ1n) is 9.27. The Bertz CT molecular complexity index is 943. The minimum Gasteiger partial charge on any atom is -0.354 e. The Morgan fingerprint density at radius 3 is 2.52 bits per heavy atom. The third kappa shape index (κ3) is 3.39. The maximum atomic E-state index is 13.0. The summed E-state index contributed by atoms with van der Waals surface area (Å²) in [6.45, 7) is 9.03. The summed E-state index contributed by atoms with van der Waals surface area (Å²) < 4.78 is 27.5. The van der Waals surface area contributed by atoms with Gasteiger partial charge in [-0.15, -0.1) is 0 Å². The SMILES string of the molecule is Cc1ccc(S(=O)(=O)N2CCN(C3=CC4=NC(C)CN4C=N3)CC2)cc1C. The van der Waals surface area contributed by atoms with Crippen LogP contribution in [0.2, 0.25) is 0 Å². The highest BCUT2D eigenvalue weighted by Crippen LogP contribution is 2.23. The van der Waals surface area contributed by atoms with Crippen molar-refractivity contribution in [1.82, 2.24) is 14.1 Å². The number of rotatable bonds is 3. The van der Waals surface area contributed by atoms with Gasteiger partial charge in [0.05, 0.1) is 17.3 Å². The van der Waals surface area contributed by atoms with Gasteiger partial charge in [0, 0.05) is 38.8 Å². The average Bonchev–Trinajstić information content (AvgIpc) is 3.03. The highest BCUT2D eigenvalue weighted by Gasteiger charge is 2.31. The molecule has 0 amide bonds. The van der Waals surface area contributed by atoms with E-state index in [0.717, 1.165) is 29.3 Å². The monoisotopic (exact) mass is 387 g/mol. The topological polar surface area (TPSA) is 68.6 Å². The first kappa shape index (κ1) is 18.2. The zero-order valence-electron chi connectivity index (χ0n) is 16.0. The van der Waals surface area contributed by atoms with E-state index in [1.54, 1.807) is 16.4 Å². The fourth-order valence-electron chi connectivity index (χ4n) is 3.58. The fraction of sp³-hybridized carbons (Fsp3) is 0.474. The van der Waals surface area contributed by atoms with E-state index in [1.165, 1.54) is 0 Å². The van der Waals surface area contributed by atoms with Crippen LogP contribution >= 0.6 is 0 Å². The smallest absolute Gasteiger partial charge is 0.243 e. The van der Waals surface area contributed by atoms with E-state index in [1.807, 2.05) is 32.3 Å². The minimum absolute atomic E-state index is 0.280. The van der Waals surface area contributed by atoms with Gasteiger partial charge in [-0.25, -0.2) is 13.4 Å². The van der Waals surface area contributed by atoms with Crippen LogP contribution in [0.25, 0.3) is 0 Å². The van der Waals surface area contributed by atoms with E-state index in [4.69, 9.17) is 0 Å². The quantitative estimate of drug-likeness (QED) is 0.790. The summed E-state index contributed by atoms with van der Waals surface area (Å²) in [5.74, 6) is 1.81. The van der Waals surface area contributed by atoms with Gasteiger partial charge in [-0.2, -0.15) is 4.31 Å². The van der Waals surface area contributed by atoms with Crippen molar-refractivity contribution in [3.8, 4) is 0 Å². The zero-order chi connectivity index (χ0) is 19.2. The van der Waals surface area contributed by atoms with Crippen molar-refractivity contribution in [2.45, 2.75) is 31.7 Å².